The molecule has 1 saturated heterocycles. The number of hydrogen-bond donors (Lipinski definition) is 0. The molecule has 0 spiro atoms. The summed E-state index contributed by atoms with van der Waals surface area (Å²) in [6.07, 6.45) is 2.37. The van der Waals surface area contributed by atoms with Crippen molar-refractivity contribution in [2.24, 2.45) is 0 Å². The van der Waals surface area contributed by atoms with Crippen LogP contribution in [0.25, 0.3) is 10.1 Å². The highest BCUT2D eigenvalue weighted by Gasteiger charge is 2.15. The number of ether oxygens (including phenoxy) is 1. The monoisotopic (exact) mass is 265 g/mol. The first-order valence-electron chi connectivity index (χ1n) is 5.96. The quantitative estimate of drug-likeness (QED) is 0.844. The van der Waals surface area contributed by atoms with E-state index in [0.29, 0.717) is 0 Å². The van der Waals surface area contributed by atoms with Crippen LogP contribution in [-0.4, -0.2) is 22.8 Å². The molecule has 4 heteroatoms. The molecule has 1 fully saturated rings. The minimum Gasteiger partial charge on any atom is -0.381 e. The fourth-order valence-electron chi connectivity index (χ4n) is 2.08. The van der Waals surface area contributed by atoms with Gasteiger partial charge in [0.15, 0.2) is 0 Å². The molecule has 2 aromatic rings. The van der Waals surface area contributed by atoms with Crippen LogP contribution in [0, 0.1) is 0 Å². The number of thioether (sulfide) groups is 1. The van der Waals surface area contributed by atoms with Gasteiger partial charge in [-0.15, -0.1) is 0 Å². The van der Waals surface area contributed by atoms with E-state index in [2.05, 4.69) is 28.6 Å². The summed E-state index contributed by atoms with van der Waals surface area (Å²) in [6, 6.07) is 8.50. The molecule has 1 aromatic carbocycles. The lowest BCUT2D eigenvalue weighted by Gasteiger charge is -2.20. The van der Waals surface area contributed by atoms with Gasteiger partial charge in [-0.25, -0.2) is 0 Å². The third kappa shape index (κ3) is 2.64. The average molecular weight is 265 g/mol. The van der Waals surface area contributed by atoms with Crippen molar-refractivity contribution in [3.8, 4) is 0 Å². The van der Waals surface area contributed by atoms with Crippen LogP contribution in [0.1, 0.15) is 18.5 Å². The molecular weight excluding hydrogens is 250 g/mol. The lowest BCUT2D eigenvalue weighted by atomic mass is 10.2. The third-order valence-electron chi connectivity index (χ3n) is 3.08. The van der Waals surface area contributed by atoms with Gasteiger partial charge in [0.25, 0.3) is 0 Å². The largest absolute Gasteiger partial charge is 0.381 e. The maximum absolute atomic E-state index is 5.38. The summed E-state index contributed by atoms with van der Waals surface area (Å²) in [5, 5.41) is 2.08. The van der Waals surface area contributed by atoms with E-state index in [1.165, 1.54) is 28.6 Å². The van der Waals surface area contributed by atoms with Crippen LogP contribution in [0.4, 0.5) is 0 Å². The number of aromatic nitrogens is 1. The number of benzene rings is 1. The molecule has 0 amide bonds. The molecule has 3 rings (SSSR count). The lowest BCUT2D eigenvalue weighted by Crippen LogP contribution is -2.17. The molecule has 90 valence electrons. The third-order valence-corrected chi connectivity index (χ3v) is 5.32. The van der Waals surface area contributed by atoms with Crippen LogP contribution in [0.15, 0.2) is 24.3 Å². The topological polar surface area (TPSA) is 22.1 Å². The molecule has 0 unspecified atom stereocenters. The molecule has 0 N–H and O–H groups in total. The van der Waals surface area contributed by atoms with Crippen molar-refractivity contribution in [1.29, 1.82) is 0 Å². The molecule has 1 aromatic heterocycles. The Labute approximate surface area is 110 Å². The Morgan fingerprint density at radius 2 is 2.12 bits per heavy atom. The van der Waals surface area contributed by atoms with Crippen molar-refractivity contribution in [2.75, 3.05) is 13.2 Å². The smallest absolute Gasteiger partial charge is 0.0719 e. The number of hydrogen-bond acceptors (Lipinski definition) is 4. The molecule has 1 aliphatic heterocycles. The standard InChI is InChI=1S/C13H15NOS2/c1-2-4-13-11(3-1)12(14-17-13)9-16-10-5-7-15-8-6-10/h1-4,10H,5-9H2. The normalized spacial score (nSPS) is 17.6. The average Bonchev–Trinajstić information content (AvgIpc) is 2.81. The summed E-state index contributed by atoms with van der Waals surface area (Å²) in [4.78, 5) is 0. The SMILES string of the molecule is c1ccc2c(CSC3CCOCC3)nsc2c1. The molecule has 1 aliphatic rings. The van der Waals surface area contributed by atoms with Gasteiger partial charge in [-0.2, -0.15) is 16.1 Å². The molecular formula is C13H15NOS2. The summed E-state index contributed by atoms with van der Waals surface area (Å²) < 4.78 is 11.3. The summed E-state index contributed by atoms with van der Waals surface area (Å²) >= 11 is 3.65. The van der Waals surface area contributed by atoms with Crippen LogP contribution in [0.5, 0.6) is 0 Å². The Kier molecular flexibility index (Phi) is 3.64. The van der Waals surface area contributed by atoms with Crippen molar-refractivity contribution >= 4 is 33.4 Å². The van der Waals surface area contributed by atoms with Gasteiger partial charge in [0.2, 0.25) is 0 Å². The van der Waals surface area contributed by atoms with Gasteiger partial charge in [0.1, 0.15) is 0 Å². The zero-order valence-electron chi connectivity index (χ0n) is 9.59. The summed E-state index contributed by atoms with van der Waals surface area (Å²) in [6.45, 7) is 1.85. The molecule has 0 radical (unpaired) electrons. The van der Waals surface area contributed by atoms with Crippen LogP contribution in [0.2, 0.25) is 0 Å². The van der Waals surface area contributed by atoms with Crippen LogP contribution >= 0.6 is 23.3 Å². The molecule has 2 heterocycles. The Balaban J connectivity index is 1.68. The van der Waals surface area contributed by atoms with Crippen molar-refractivity contribution in [2.45, 2.75) is 23.8 Å². The lowest BCUT2D eigenvalue weighted by molar-refractivity contribution is 0.1000. The number of nitrogens with zero attached hydrogens (tertiary/aromatic N) is 1. The number of fused-ring (bicyclic) bond motifs is 1. The van der Waals surface area contributed by atoms with Crippen LogP contribution < -0.4 is 0 Å². The van der Waals surface area contributed by atoms with Crippen LogP contribution in [-0.2, 0) is 10.5 Å². The highest BCUT2D eigenvalue weighted by molar-refractivity contribution is 7.99. The minimum absolute atomic E-state index is 0.754. The Bertz CT molecular complexity index is 491. The molecule has 0 bridgehead atoms. The minimum atomic E-state index is 0.754. The zero-order valence-corrected chi connectivity index (χ0v) is 11.2. The second kappa shape index (κ2) is 5.38. The maximum atomic E-state index is 5.38. The van der Waals surface area contributed by atoms with E-state index in [0.717, 1.165) is 24.2 Å². The van der Waals surface area contributed by atoms with Gasteiger partial charge in [-0.1, -0.05) is 18.2 Å². The van der Waals surface area contributed by atoms with E-state index in [1.54, 1.807) is 11.5 Å². The van der Waals surface area contributed by atoms with E-state index >= 15 is 0 Å². The fourth-order valence-corrected chi connectivity index (χ4v) is 4.10. The van der Waals surface area contributed by atoms with Gasteiger partial charge in [-0.05, 0) is 30.4 Å². The Hall–Kier alpha value is -0.580. The van der Waals surface area contributed by atoms with E-state index in [9.17, 15) is 0 Å². The fraction of sp³-hybridized carbons (Fsp3) is 0.462. The summed E-state index contributed by atoms with van der Waals surface area (Å²) in [5.41, 5.74) is 1.25. The van der Waals surface area contributed by atoms with Crippen molar-refractivity contribution in [1.82, 2.24) is 4.37 Å². The van der Waals surface area contributed by atoms with Crippen LogP contribution in [0.3, 0.4) is 0 Å². The highest BCUT2D eigenvalue weighted by Crippen LogP contribution is 2.29. The highest BCUT2D eigenvalue weighted by atomic mass is 32.2. The van der Waals surface area contributed by atoms with Gasteiger partial charge in [-0.3, -0.25) is 0 Å². The summed E-state index contributed by atoms with van der Waals surface area (Å²) in [5.74, 6) is 1.04. The van der Waals surface area contributed by atoms with E-state index < -0.39 is 0 Å². The molecule has 0 saturated carbocycles. The van der Waals surface area contributed by atoms with Gasteiger partial charge >= 0.3 is 0 Å². The molecule has 0 aliphatic carbocycles. The predicted molar refractivity (Wildman–Crippen MR) is 74.8 cm³/mol. The Morgan fingerprint density at radius 1 is 1.29 bits per heavy atom. The van der Waals surface area contributed by atoms with Crippen molar-refractivity contribution in [3.05, 3.63) is 30.0 Å². The van der Waals surface area contributed by atoms with E-state index in [4.69, 9.17) is 4.74 Å². The first kappa shape index (κ1) is 11.5. The van der Waals surface area contributed by atoms with Gasteiger partial charge in [0, 0.05) is 29.6 Å². The van der Waals surface area contributed by atoms with E-state index in [-0.39, 0.29) is 0 Å². The van der Waals surface area contributed by atoms with Crippen molar-refractivity contribution in [3.63, 3.8) is 0 Å². The summed E-state index contributed by atoms with van der Waals surface area (Å²) in [7, 11) is 0. The van der Waals surface area contributed by atoms with E-state index in [1.807, 2.05) is 11.8 Å². The Morgan fingerprint density at radius 3 is 3.00 bits per heavy atom. The van der Waals surface area contributed by atoms with Gasteiger partial charge < -0.3 is 4.74 Å². The number of rotatable bonds is 3. The zero-order chi connectivity index (χ0) is 11.5. The predicted octanol–water partition coefficient (Wildman–Crippen LogP) is 3.71. The molecule has 2 nitrogen and oxygen atoms in total. The second-order valence-corrected chi connectivity index (χ2v) is 6.34. The van der Waals surface area contributed by atoms with Crippen molar-refractivity contribution < 1.29 is 4.74 Å². The first-order valence-corrected chi connectivity index (χ1v) is 7.78. The second-order valence-electron chi connectivity index (χ2n) is 4.25. The van der Waals surface area contributed by atoms with Gasteiger partial charge in [0.05, 0.1) is 10.4 Å². The first-order chi connectivity index (χ1) is 8.43. The molecule has 17 heavy (non-hydrogen) atoms. The molecule has 0 atom stereocenters. The maximum Gasteiger partial charge on any atom is 0.0719 e.